The molecule has 1 fully saturated rings. The van der Waals surface area contributed by atoms with Crippen molar-refractivity contribution in [3.8, 4) is 11.8 Å². The van der Waals surface area contributed by atoms with Gasteiger partial charge in [0.05, 0.1) is 5.56 Å². The van der Waals surface area contributed by atoms with E-state index in [1.54, 1.807) is 0 Å². The number of carbonyl (C=O) groups is 1. The highest BCUT2D eigenvalue weighted by atomic mass is 19.4. The Morgan fingerprint density at radius 3 is 2.57 bits per heavy atom. The summed E-state index contributed by atoms with van der Waals surface area (Å²) in [5.41, 5.74) is -2.42. The summed E-state index contributed by atoms with van der Waals surface area (Å²) >= 11 is 0. The number of rotatable bonds is 2. The fourth-order valence-electron chi connectivity index (χ4n) is 1.84. The topological polar surface area (TPSA) is 49.3 Å². The fraction of sp³-hybridized carbons (Fsp3) is 0.357. The van der Waals surface area contributed by atoms with Crippen LogP contribution in [0.2, 0.25) is 0 Å². The number of carbonyl (C=O) groups excluding carboxylic acids is 1. The number of aliphatic hydroxyl groups is 1. The van der Waals surface area contributed by atoms with Crippen LogP contribution >= 0.6 is 0 Å². The molecule has 1 saturated carbocycles. The van der Waals surface area contributed by atoms with Crippen LogP contribution < -0.4 is 5.32 Å². The monoisotopic (exact) mass is 301 g/mol. The molecule has 2 N–H and O–H groups in total. The summed E-state index contributed by atoms with van der Waals surface area (Å²) in [6, 6.07) is 2.97. The lowest BCUT2D eigenvalue weighted by molar-refractivity contribution is -0.163. The molecule has 1 amide bonds. The van der Waals surface area contributed by atoms with Gasteiger partial charge in [0.15, 0.2) is 0 Å². The van der Waals surface area contributed by atoms with Crippen molar-refractivity contribution in [2.24, 2.45) is 0 Å². The first-order valence-electron chi connectivity index (χ1n) is 6.07. The summed E-state index contributed by atoms with van der Waals surface area (Å²) in [6.45, 7) is -0.510. The second-order valence-corrected chi connectivity index (χ2v) is 4.68. The normalized spacial score (nSPS) is 15.9. The van der Waals surface area contributed by atoms with Gasteiger partial charge in [-0.25, -0.2) is 4.39 Å². The van der Waals surface area contributed by atoms with Gasteiger partial charge >= 0.3 is 6.18 Å². The predicted octanol–water partition coefficient (Wildman–Crippen LogP) is 1.99. The minimum absolute atomic E-state index is 0.0699. The maximum absolute atomic E-state index is 13.1. The number of benzene rings is 1. The van der Waals surface area contributed by atoms with Crippen LogP contribution in [-0.4, -0.2) is 29.3 Å². The van der Waals surface area contributed by atoms with E-state index in [1.807, 2.05) is 5.32 Å². The molecular weight excluding hydrogens is 290 g/mol. The largest absolute Gasteiger partial charge is 0.411 e. The zero-order valence-corrected chi connectivity index (χ0v) is 10.7. The molecule has 112 valence electrons. The first-order valence-corrected chi connectivity index (χ1v) is 6.07. The first kappa shape index (κ1) is 15.3. The molecule has 0 aliphatic heterocycles. The smallest absolute Gasteiger partial charge is 0.384 e. The Balaban J connectivity index is 2.28. The molecule has 0 heterocycles. The van der Waals surface area contributed by atoms with E-state index in [4.69, 9.17) is 5.11 Å². The highest BCUT2D eigenvalue weighted by molar-refractivity contribution is 5.97. The molecule has 21 heavy (non-hydrogen) atoms. The summed E-state index contributed by atoms with van der Waals surface area (Å²) < 4.78 is 51.5. The molecule has 1 aromatic rings. The van der Waals surface area contributed by atoms with Gasteiger partial charge in [-0.1, -0.05) is 11.8 Å². The average Bonchev–Trinajstić information content (AvgIpc) is 3.16. The number of halogens is 4. The lowest BCUT2D eigenvalue weighted by Crippen LogP contribution is -2.48. The number of amides is 1. The highest BCUT2D eigenvalue weighted by Gasteiger charge is 2.64. The SMILES string of the molecule is O=C(NC1(C(F)(F)F)CC1)c1ccc(F)cc1C#CCO. The van der Waals surface area contributed by atoms with Crippen LogP contribution in [0.3, 0.4) is 0 Å². The van der Waals surface area contributed by atoms with E-state index in [-0.39, 0.29) is 24.0 Å². The first-order chi connectivity index (χ1) is 9.79. The van der Waals surface area contributed by atoms with Gasteiger partial charge in [-0.2, -0.15) is 13.2 Å². The minimum Gasteiger partial charge on any atom is -0.384 e. The molecule has 0 unspecified atom stereocenters. The van der Waals surface area contributed by atoms with Crippen LogP contribution in [0.25, 0.3) is 0 Å². The highest BCUT2D eigenvalue weighted by Crippen LogP contribution is 2.49. The van der Waals surface area contributed by atoms with Crippen molar-refractivity contribution in [3.05, 3.63) is 35.1 Å². The number of hydrogen-bond acceptors (Lipinski definition) is 2. The number of nitrogens with one attached hydrogen (secondary N) is 1. The molecule has 0 aromatic heterocycles. The zero-order chi connectivity index (χ0) is 15.7. The summed E-state index contributed by atoms with van der Waals surface area (Å²) in [5, 5.41) is 10.6. The van der Waals surface area contributed by atoms with Gasteiger partial charge in [-0.3, -0.25) is 4.79 Å². The molecule has 0 saturated heterocycles. The second-order valence-electron chi connectivity index (χ2n) is 4.68. The van der Waals surface area contributed by atoms with Gasteiger partial charge in [0.2, 0.25) is 0 Å². The van der Waals surface area contributed by atoms with Crippen LogP contribution in [0.1, 0.15) is 28.8 Å². The Morgan fingerprint density at radius 1 is 1.38 bits per heavy atom. The van der Waals surface area contributed by atoms with E-state index >= 15 is 0 Å². The van der Waals surface area contributed by atoms with Crippen molar-refractivity contribution in [1.82, 2.24) is 5.32 Å². The van der Waals surface area contributed by atoms with Gasteiger partial charge < -0.3 is 10.4 Å². The minimum atomic E-state index is -4.53. The van der Waals surface area contributed by atoms with Crippen LogP contribution in [0.4, 0.5) is 17.6 Å². The van der Waals surface area contributed by atoms with Gasteiger partial charge in [0.1, 0.15) is 18.0 Å². The molecule has 2 rings (SSSR count). The number of hydrogen-bond donors (Lipinski definition) is 2. The predicted molar refractivity (Wildman–Crippen MR) is 65.9 cm³/mol. The Kier molecular flexibility index (Phi) is 3.92. The van der Waals surface area contributed by atoms with Crippen molar-refractivity contribution in [1.29, 1.82) is 0 Å². The van der Waals surface area contributed by atoms with E-state index in [0.717, 1.165) is 18.2 Å². The fourth-order valence-corrected chi connectivity index (χ4v) is 1.84. The lowest BCUT2D eigenvalue weighted by Gasteiger charge is -2.21. The molecule has 3 nitrogen and oxygen atoms in total. The Hall–Kier alpha value is -2.07. The number of aliphatic hydroxyl groups excluding tert-OH is 1. The van der Waals surface area contributed by atoms with E-state index in [1.165, 1.54) is 0 Å². The third-order valence-corrected chi connectivity index (χ3v) is 3.17. The molecule has 0 bridgehead atoms. The summed E-state index contributed by atoms with van der Waals surface area (Å²) in [4.78, 5) is 12.0. The molecule has 0 spiro atoms. The van der Waals surface area contributed by atoms with E-state index in [0.29, 0.717) is 0 Å². The molecule has 0 radical (unpaired) electrons. The van der Waals surface area contributed by atoms with Crippen molar-refractivity contribution in [2.45, 2.75) is 24.6 Å². The summed E-state index contributed by atoms with van der Waals surface area (Å²) in [6.07, 6.45) is -4.89. The Labute approximate surface area is 118 Å². The quantitative estimate of drug-likeness (QED) is 0.648. The maximum atomic E-state index is 13.1. The lowest BCUT2D eigenvalue weighted by atomic mass is 10.1. The molecule has 1 aromatic carbocycles. The molecule has 0 atom stereocenters. The number of alkyl halides is 3. The van der Waals surface area contributed by atoms with Crippen LogP contribution in [0.5, 0.6) is 0 Å². The second kappa shape index (κ2) is 5.37. The van der Waals surface area contributed by atoms with Crippen LogP contribution in [0.15, 0.2) is 18.2 Å². The van der Waals surface area contributed by atoms with Gasteiger partial charge in [0.25, 0.3) is 5.91 Å². The third-order valence-electron chi connectivity index (χ3n) is 3.17. The standard InChI is InChI=1S/C14H11F4NO2/c15-10-3-4-11(9(8-10)2-1-7-20)12(21)19-13(5-6-13)14(16,17)18/h3-4,8,20H,5-7H2,(H,19,21). The Bertz CT molecular complexity index is 624. The maximum Gasteiger partial charge on any atom is 0.411 e. The molecule has 7 heteroatoms. The molecule has 1 aliphatic rings. The van der Waals surface area contributed by atoms with Crippen molar-refractivity contribution < 1.29 is 27.5 Å². The van der Waals surface area contributed by atoms with E-state index in [9.17, 15) is 22.4 Å². The van der Waals surface area contributed by atoms with Gasteiger partial charge in [0, 0.05) is 5.56 Å². The molecule has 1 aliphatic carbocycles. The zero-order valence-electron chi connectivity index (χ0n) is 10.7. The molecular formula is C14H11F4NO2. The van der Waals surface area contributed by atoms with E-state index < -0.39 is 30.0 Å². The van der Waals surface area contributed by atoms with Gasteiger partial charge in [-0.15, -0.1) is 0 Å². The summed E-state index contributed by atoms with van der Waals surface area (Å²) in [7, 11) is 0. The van der Waals surface area contributed by atoms with Crippen molar-refractivity contribution in [3.63, 3.8) is 0 Å². The Morgan fingerprint density at radius 2 is 2.05 bits per heavy atom. The summed E-state index contributed by atoms with van der Waals surface area (Å²) in [5.74, 6) is 2.94. The van der Waals surface area contributed by atoms with E-state index in [2.05, 4.69) is 11.8 Å². The van der Waals surface area contributed by atoms with Crippen molar-refractivity contribution >= 4 is 5.91 Å². The van der Waals surface area contributed by atoms with Crippen LogP contribution in [0, 0.1) is 17.7 Å². The third kappa shape index (κ3) is 3.16. The van der Waals surface area contributed by atoms with Gasteiger partial charge in [-0.05, 0) is 31.0 Å². The van der Waals surface area contributed by atoms with Crippen LogP contribution in [-0.2, 0) is 0 Å². The van der Waals surface area contributed by atoms with Crippen molar-refractivity contribution in [2.75, 3.05) is 6.61 Å². The average molecular weight is 301 g/mol.